The molecule has 0 N–H and O–H groups in total. The largest absolute Gasteiger partial charge is 0.256 e. The van der Waals surface area contributed by atoms with Gasteiger partial charge in [-0.15, -0.1) is 5.10 Å². The molecule has 84 valence electrons. The van der Waals surface area contributed by atoms with Gasteiger partial charge in [0.15, 0.2) is 11.5 Å². The molecular formula is C13H12N4. The van der Waals surface area contributed by atoms with Gasteiger partial charge in [-0.1, -0.05) is 30.3 Å². The Morgan fingerprint density at radius 1 is 1.06 bits per heavy atom. The van der Waals surface area contributed by atoms with Crippen molar-refractivity contribution < 1.29 is 0 Å². The average Bonchev–Trinajstić information content (AvgIpc) is 2.81. The van der Waals surface area contributed by atoms with Crippen molar-refractivity contribution >= 4 is 5.65 Å². The summed E-state index contributed by atoms with van der Waals surface area (Å²) >= 11 is 0. The summed E-state index contributed by atoms with van der Waals surface area (Å²) in [5.74, 6) is 0.741. The van der Waals surface area contributed by atoms with Crippen LogP contribution in [0, 0.1) is 13.8 Å². The Bertz CT molecular complexity index is 631. The second-order valence-corrected chi connectivity index (χ2v) is 4.02. The number of nitrogens with zero attached hydrogens (tertiary/aromatic N) is 4. The fourth-order valence-electron chi connectivity index (χ4n) is 1.80. The van der Waals surface area contributed by atoms with Gasteiger partial charge in [-0.3, -0.25) is 4.98 Å². The van der Waals surface area contributed by atoms with Crippen LogP contribution < -0.4 is 0 Å². The Balaban J connectivity index is 2.27. The van der Waals surface area contributed by atoms with Crippen LogP contribution in [0.4, 0.5) is 0 Å². The van der Waals surface area contributed by atoms with E-state index < -0.39 is 0 Å². The quantitative estimate of drug-likeness (QED) is 0.637. The van der Waals surface area contributed by atoms with Crippen LogP contribution in [0.5, 0.6) is 0 Å². The highest BCUT2D eigenvalue weighted by Gasteiger charge is 2.09. The Hall–Kier alpha value is -2.23. The van der Waals surface area contributed by atoms with Crippen LogP contribution in [0.3, 0.4) is 0 Å². The van der Waals surface area contributed by atoms with E-state index in [0.29, 0.717) is 0 Å². The van der Waals surface area contributed by atoms with Gasteiger partial charge in [-0.25, -0.2) is 9.50 Å². The lowest BCUT2D eigenvalue weighted by Gasteiger charge is -1.97. The SMILES string of the molecule is Cc1ncc(C)n2nc(-c3ccccc3)nc12. The highest BCUT2D eigenvalue weighted by Crippen LogP contribution is 2.17. The monoisotopic (exact) mass is 224 g/mol. The van der Waals surface area contributed by atoms with Crippen molar-refractivity contribution in [2.24, 2.45) is 0 Å². The topological polar surface area (TPSA) is 43.1 Å². The van der Waals surface area contributed by atoms with Gasteiger partial charge in [0.1, 0.15) is 0 Å². The molecule has 4 heteroatoms. The second-order valence-electron chi connectivity index (χ2n) is 4.02. The van der Waals surface area contributed by atoms with Crippen molar-refractivity contribution in [2.45, 2.75) is 13.8 Å². The van der Waals surface area contributed by atoms with Gasteiger partial charge in [0.05, 0.1) is 11.4 Å². The van der Waals surface area contributed by atoms with Gasteiger partial charge in [-0.2, -0.15) is 0 Å². The third kappa shape index (κ3) is 1.58. The summed E-state index contributed by atoms with van der Waals surface area (Å²) < 4.78 is 1.84. The zero-order chi connectivity index (χ0) is 11.8. The summed E-state index contributed by atoms with van der Waals surface area (Å²) in [4.78, 5) is 8.82. The molecule has 0 aliphatic heterocycles. The molecule has 0 atom stereocenters. The predicted molar refractivity (Wildman–Crippen MR) is 65.7 cm³/mol. The third-order valence-corrected chi connectivity index (χ3v) is 2.74. The van der Waals surface area contributed by atoms with Gasteiger partial charge < -0.3 is 0 Å². The highest BCUT2D eigenvalue weighted by molar-refractivity contribution is 5.59. The molecule has 0 bridgehead atoms. The van der Waals surface area contributed by atoms with E-state index in [1.54, 1.807) is 0 Å². The molecule has 0 fully saturated rings. The summed E-state index contributed by atoms with van der Waals surface area (Å²) in [6.07, 6.45) is 1.81. The van der Waals surface area contributed by atoms with Gasteiger partial charge in [0.25, 0.3) is 0 Å². The zero-order valence-electron chi connectivity index (χ0n) is 9.75. The van der Waals surface area contributed by atoms with E-state index in [0.717, 1.165) is 28.4 Å². The van der Waals surface area contributed by atoms with Crippen LogP contribution in [-0.2, 0) is 0 Å². The minimum atomic E-state index is 0.741. The van der Waals surface area contributed by atoms with Crippen LogP contribution >= 0.6 is 0 Å². The maximum Gasteiger partial charge on any atom is 0.182 e. The number of rotatable bonds is 1. The number of hydrogen-bond acceptors (Lipinski definition) is 3. The summed E-state index contributed by atoms with van der Waals surface area (Å²) in [5, 5.41) is 4.51. The number of hydrogen-bond donors (Lipinski definition) is 0. The van der Waals surface area contributed by atoms with Crippen LogP contribution in [0.2, 0.25) is 0 Å². The summed E-state index contributed by atoms with van der Waals surface area (Å²) in [6, 6.07) is 9.97. The van der Waals surface area contributed by atoms with Gasteiger partial charge in [0.2, 0.25) is 0 Å². The number of fused-ring (bicyclic) bond motifs is 1. The zero-order valence-corrected chi connectivity index (χ0v) is 9.75. The standard InChI is InChI=1S/C13H12N4/c1-9-8-14-10(2)13-15-12(16-17(9)13)11-6-4-3-5-7-11/h3-8H,1-2H3. The molecule has 4 nitrogen and oxygen atoms in total. The van der Waals surface area contributed by atoms with Crippen LogP contribution in [0.25, 0.3) is 17.0 Å². The minimum absolute atomic E-state index is 0.741. The van der Waals surface area contributed by atoms with Crippen molar-refractivity contribution in [3.8, 4) is 11.4 Å². The van der Waals surface area contributed by atoms with Crippen LogP contribution in [-0.4, -0.2) is 19.6 Å². The smallest absolute Gasteiger partial charge is 0.182 e. The molecule has 0 unspecified atom stereocenters. The number of aryl methyl sites for hydroxylation is 2. The summed E-state index contributed by atoms with van der Waals surface area (Å²) in [7, 11) is 0. The molecule has 0 aliphatic carbocycles. The lowest BCUT2D eigenvalue weighted by Crippen LogP contribution is -1.97. The Morgan fingerprint density at radius 3 is 2.53 bits per heavy atom. The first-order valence-corrected chi connectivity index (χ1v) is 5.50. The molecule has 17 heavy (non-hydrogen) atoms. The Kier molecular flexibility index (Phi) is 2.14. The van der Waals surface area contributed by atoms with E-state index in [1.165, 1.54) is 0 Å². The van der Waals surface area contributed by atoms with E-state index in [9.17, 15) is 0 Å². The molecule has 0 radical (unpaired) electrons. The average molecular weight is 224 g/mol. The van der Waals surface area contributed by atoms with Crippen molar-refractivity contribution in [2.75, 3.05) is 0 Å². The van der Waals surface area contributed by atoms with Crippen molar-refractivity contribution in [1.82, 2.24) is 19.6 Å². The lowest BCUT2D eigenvalue weighted by molar-refractivity contribution is 0.891. The molecule has 0 saturated carbocycles. The summed E-state index contributed by atoms with van der Waals surface area (Å²) in [5.41, 5.74) is 3.73. The maximum absolute atomic E-state index is 4.53. The van der Waals surface area contributed by atoms with Gasteiger partial charge >= 0.3 is 0 Å². The summed E-state index contributed by atoms with van der Waals surface area (Å²) in [6.45, 7) is 3.92. The molecule has 0 aliphatic rings. The molecule has 2 aromatic heterocycles. The first-order valence-electron chi connectivity index (χ1n) is 5.50. The van der Waals surface area contributed by atoms with E-state index in [-0.39, 0.29) is 0 Å². The first-order chi connectivity index (χ1) is 8.25. The highest BCUT2D eigenvalue weighted by atomic mass is 15.3. The molecule has 0 spiro atoms. The molecule has 1 aromatic carbocycles. The van der Waals surface area contributed by atoms with Crippen LogP contribution in [0.15, 0.2) is 36.5 Å². The molecule has 3 rings (SSSR count). The van der Waals surface area contributed by atoms with E-state index >= 15 is 0 Å². The molecule has 0 saturated heterocycles. The minimum Gasteiger partial charge on any atom is -0.256 e. The van der Waals surface area contributed by atoms with E-state index in [4.69, 9.17) is 0 Å². The van der Waals surface area contributed by atoms with Crippen molar-refractivity contribution in [3.63, 3.8) is 0 Å². The Morgan fingerprint density at radius 2 is 1.82 bits per heavy atom. The van der Waals surface area contributed by atoms with E-state index in [2.05, 4.69) is 15.1 Å². The number of aromatic nitrogens is 4. The number of benzene rings is 1. The normalized spacial score (nSPS) is 10.9. The fraction of sp³-hybridized carbons (Fsp3) is 0.154. The van der Waals surface area contributed by atoms with Gasteiger partial charge in [-0.05, 0) is 13.8 Å². The van der Waals surface area contributed by atoms with Crippen molar-refractivity contribution in [1.29, 1.82) is 0 Å². The molecule has 3 aromatic rings. The predicted octanol–water partition coefficient (Wildman–Crippen LogP) is 2.41. The maximum atomic E-state index is 4.53. The van der Waals surface area contributed by atoms with Crippen molar-refractivity contribution in [3.05, 3.63) is 47.9 Å². The fourth-order valence-corrected chi connectivity index (χ4v) is 1.80. The van der Waals surface area contributed by atoms with Gasteiger partial charge in [0, 0.05) is 11.8 Å². The van der Waals surface area contributed by atoms with E-state index in [1.807, 2.05) is 54.9 Å². The third-order valence-electron chi connectivity index (χ3n) is 2.74. The molecule has 0 amide bonds. The second kappa shape index (κ2) is 3.66. The Labute approximate surface area is 99.0 Å². The van der Waals surface area contributed by atoms with Crippen LogP contribution in [0.1, 0.15) is 11.4 Å². The first kappa shape index (κ1) is 9.96. The molecule has 2 heterocycles. The molecular weight excluding hydrogens is 212 g/mol. The lowest BCUT2D eigenvalue weighted by atomic mass is 10.2.